The maximum Gasteiger partial charge on any atom is 0.332 e. The van der Waals surface area contributed by atoms with Crippen molar-refractivity contribution in [2.24, 2.45) is 0 Å². The van der Waals surface area contributed by atoms with Crippen LogP contribution in [-0.4, -0.2) is 50.9 Å². The lowest BCUT2D eigenvalue weighted by Gasteiger charge is -2.39. The van der Waals surface area contributed by atoms with Gasteiger partial charge in [-0.15, -0.1) is 0 Å². The Balaban J connectivity index is 1.34. The van der Waals surface area contributed by atoms with Gasteiger partial charge in [0.05, 0.1) is 25.1 Å². The van der Waals surface area contributed by atoms with Gasteiger partial charge in [0.25, 0.3) is 5.91 Å². The molecule has 1 N–H and O–H groups in total. The van der Waals surface area contributed by atoms with Crippen LogP contribution in [0.5, 0.6) is 17.2 Å². The Bertz CT molecular complexity index is 1780. The summed E-state index contributed by atoms with van der Waals surface area (Å²) in [5.41, 5.74) is 4.61. The molecule has 0 fully saturated rings. The van der Waals surface area contributed by atoms with Crippen LogP contribution >= 0.6 is 0 Å². The third-order valence-electron chi connectivity index (χ3n) is 8.04. The predicted molar refractivity (Wildman–Crippen MR) is 182 cm³/mol. The summed E-state index contributed by atoms with van der Waals surface area (Å²) in [5, 5.41) is 3.35. The predicted octanol–water partition coefficient (Wildman–Crippen LogP) is 7.08. The summed E-state index contributed by atoms with van der Waals surface area (Å²) in [7, 11) is 3.30. The first-order valence-corrected chi connectivity index (χ1v) is 15.7. The second-order valence-electron chi connectivity index (χ2n) is 12.3. The minimum absolute atomic E-state index is 0.0574. The topological polar surface area (TPSA) is 95.6 Å². The number of aryl methyl sites for hydroxylation is 1. The second-order valence-corrected chi connectivity index (χ2v) is 12.3. The number of ether oxygens (including phenoxy) is 5. The molecule has 0 aliphatic carbocycles. The summed E-state index contributed by atoms with van der Waals surface area (Å²) in [6.07, 6.45) is -0.524. The van der Waals surface area contributed by atoms with E-state index in [0.29, 0.717) is 29.5 Å². The lowest BCUT2D eigenvalue weighted by Crippen LogP contribution is -2.52. The standard InChI is InChI=1S/C38H41FN2O7/c1-24-12-13-27(39)18-33(24)47-22-31-29(16-17-32-36(31)41(5)37(43)38(3,4)40-32)30-15-14-28(19-34(30)44-6)46-20-25(2)48-35(42)23-45-21-26-10-8-7-9-11-26/h7-19,25,40H,20-23H2,1-6H3. The van der Waals surface area contributed by atoms with Crippen molar-refractivity contribution in [2.45, 2.75) is 52.6 Å². The minimum Gasteiger partial charge on any atom is -0.496 e. The van der Waals surface area contributed by atoms with Crippen LogP contribution in [0.3, 0.4) is 0 Å². The van der Waals surface area contributed by atoms with Crippen LogP contribution in [-0.2, 0) is 32.3 Å². The van der Waals surface area contributed by atoms with E-state index in [1.165, 1.54) is 12.1 Å². The summed E-state index contributed by atoms with van der Waals surface area (Å²) in [4.78, 5) is 27.2. The van der Waals surface area contributed by atoms with Crippen molar-refractivity contribution in [1.29, 1.82) is 0 Å². The largest absolute Gasteiger partial charge is 0.496 e. The third kappa shape index (κ3) is 7.88. The van der Waals surface area contributed by atoms with Crippen molar-refractivity contribution >= 4 is 23.3 Å². The molecule has 0 aromatic heterocycles. The highest BCUT2D eigenvalue weighted by Gasteiger charge is 2.38. The highest BCUT2D eigenvalue weighted by atomic mass is 19.1. The lowest BCUT2D eigenvalue weighted by molar-refractivity contribution is -0.155. The number of carbonyl (C=O) groups excluding carboxylic acids is 2. The van der Waals surface area contributed by atoms with Crippen molar-refractivity contribution < 1.29 is 37.7 Å². The Labute approximate surface area is 280 Å². The van der Waals surface area contributed by atoms with E-state index in [9.17, 15) is 14.0 Å². The third-order valence-corrected chi connectivity index (χ3v) is 8.04. The van der Waals surface area contributed by atoms with E-state index in [1.54, 1.807) is 44.2 Å². The Morgan fingerprint density at radius 2 is 1.69 bits per heavy atom. The van der Waals surface area contributed by atoms with Crippen molar-refractivity contribution in [3.8, 4) is 28.4 Å². The van der Waals surface area contributed by atoms with E-state index in [-0.39, 0.29) is 25.7 Å². The summed E-state index contributed by atoms with van der Waals surface area (Å²) in [5.74, 6) is 0.452. The summed E-state index contributed by atoms with van der Waals surface area (Å²) in [6, 6.07) is 23.3. The molecule has 0 radical (unpaired) electrons. The molecule has 0 saturated carbocycles. The number of benzene rings is 4. The molecule has 1 aliphatic rings. The number of rotatable bonds is 13. The molecular formula is C38H41FN2O7. The number of halogens is 1. The fraction of sp³-hybridized carbons (Fsp3) is 0.316. The molecule has 1 amide bonds. The fourth-order valence-corrected chi connectivity index (χ4v) is 5.63. The number of carbonyl (C=O) groups is 2. The van der Waals surface area contributed by atoms with Crippen LogP contribution in [0.1, 0.15) is 37.5 Å². The van der Waals surface area contributed by atoms with Crippen LogP contribution in [0.25, 0.3) is 11.1 Å². The smallest absolute Gasteiger partial charge is 0.332 e. The maximum absolute atomic E-state index is 14.1. The number of hydrogen-bond acceptors (Lipinski definition) is 8. The van der Waals surface area contributed by atoms with Gasteiger partial charge in [0, 0.05) is 30.3 Å². The molecule has 1 atom stereocenters. The van der Waals surface area contributed by atoms with Crippen LogP contribution in [0.4, 0.5) is 15.8 Å². The molecule has 1 unspecified atom stereocenters. The molecule has 0 saturated heterocycles. The Kier molecular flexibility index (Phi) is 10.5. The van der Waals surface area contributed by atoms with Gasteiger partial charge in [0.15, 0.2) is 0 Å². The zero-order chi connectivity index (χ0) is 34.4. The molecule has 4 aromatic carbocycles. The van der Waals surface area contributed by atoms with Gasteiger partial charge in [-0.05, 0) is 68.7 Å². The molecule has 4 aromatic rings. The molecular weight excluding hydrogens is 615 g/mol. The molecule has 9 nitrogen and oxygen atoms in total. The molecule has 0 bridgehead atoms. The van der Waals surface area contributed by atoms with Gasteiger partial charge in [-0.1, -0.05) is 42.5 Å². The SMILES string of the molecule is COc1cc(OCC(C)OC(=O)COCc2ccccc2)ccc1-c1ccc2c(c1COc1cc(F)ccc1C)N(C)C(=O)C(C)(C)N2. The average molecular weight is 657 g/mol. The lowest BCUT2D eigenvalue weighted by atomic mass is 9.91. The number of nitrogens with one attached hydrogen (secondary N) is 1. The summed E-state index contributed by atoms with van der Waals surface area (Å²) >= 11 is 0. The van der Waals surface area contributed by atoms with Gasteiger partial charge in [0.1, 0.15) is 54.5 Å². The van der Waals surface area contributed by atoms with Gasteiger partial charge in [-0.25, -0.2) is 9.18 Å². The van der Waals surface area contributed by atoms with Crippen LogP contribution in [0, 0.1) is 12.7 Å². The summed E-state index contributed by atoms with van der Waals surface area (Å²) < 4.78 is 43.0. The van der Waals surface area contributed by atoms with Crippen molar-refractivity contribution in [3.63, 3.8) is 0 Å². The van der Waals surface area contributed by atoms with E-state index in [4.69, 9.17) is 23.7 Å². The first-order valence-electron chi connectivity index (χ1n) is 15.7. The van der Waals surface area contributed by atoms with Crippen molar-refractivity contribution in [2.75, 3.05) is 37.6 Å². The van der Waals surface area contributed by atoms with Crippen LogP contribution in [0.15, 0.2) is 78.9 Å². The van der Waals surface area contributed by atoms with E-state index < -0.39 is 23.4 Å². The quantitative estimate of drug-likeness (QED) is 0.153. The van der Waals surface area contributed by atoms with Gasteiger partial charge in [-0.3, -0.25) is 4.79 Å². The maximum atomic E-state index is 14.1. The normalized spacial score (nSPS) is 14.1. The van der Waals surface area contributed by atoms with Gasteiger partial charge >= 0.3 is 5.97 Å². The number of anilines is 2. The Morgan fingerprint density at radius 3 is 2.44 bits per heavy atom. The molecule has 10 heteroatoms. The van der Waals surface area contributed by atoms with E-state index >= 15 is 0 Å². The molecule has 252 valence electrons. The van der Waals surface area contributed by atoms with E-state index in [1.807, 2.05) is 69.3 Å². The molecule has 1 aliphatic heterocycles. The highest BCUT2D eigenvalue weighted by molar-refractivity contribution is 6.08. The number of amides is 1. The van der Waals surface area contributed by atoms with Gasteiger partial charge in [-0.2, -0.15) is 0 Å². The Hall–Kier alpha value is -5.09. The number of nitrogens with zero attached hydrogens (tertiary/aromatic N) is 1. The van der Waals surface area contributed by atoms with Gasteiger partial charge in [0.2, 0.25) is 0 Å². The number of methoxy groups -OCH3 is 1. The van der Waals surface area contributed by atoms with E-state index in [2.05, 4.69) is 5.32 Å². The number of esters is 1. The first-order chi connectivity index (χ1) is 23.0. The van der Waals surface area contributed by atoms with Crippen molar-refractivity contribution in [1.82, 2.24) is 0 Å². The van der Waals surface area contributed by atoms with Crippen LogP contribution in [0.2, 0.25) is 0 Å². The fourth-order valence-electron chi connectivity index (χ4n) is 5.63. The molecule has 0 spiro atoms. The van der Waals surface area contributed by atoms with E-state index in [0.717, 1.165) is 33.5 Å². The number of fused-ring (bicyclic) bond motifs is 1. The average Bonchev–Trinajstić information content (AvgIpc) is 3.06. The number of likely N-dealkylation sites (N-methyl/N-ethyl adjacent to an activating group) is 1. The number of hydrogen-bond donors (Lipinski definition) is 1. The summed E-state index contributed by atoms with van der Waals surface area (Å²) in [6.45, 7) is 7.58. The molecule has 1 heterocycles. The second kappa shape index (κ2) is 14.8. The highest BCUT2D eigenvalue weighted by Crippen LogP contribution is 2.45. The Morgan fingerprint density at radius 1 is 0.938 bits per heavy atom. The zero-order valence-electron chi connectivity index (χ0n) is 28.1. The van der Waals surface area contributed by atoms with Crippen LogP contribution < -0.4 is 24.4 Å². The molecule has 48 heavy (non-hydrogen) atoms. The monoisotopic (exact) mass is 656 g/mol. The molecule has 5 rings (SSSR count). The first kappa shape index (κ1) is 34.3. The zero-order valence-corrected chi connectivity index (χ0v) is 28.1. The van der Waals surface area contributed by atoms with Gasteiger partial charge < -0.3 is 33.9 Å². The van der Waals surface area contributed by atoms with Crippen molar-refractivity contribution in [3.05, 3.63) is 101 Å². The minimum atomic E-state index is -0.808.